The van der Waals surface area contributed by atoms with Crippen molar-refractivity contribution >= 4 is 11.0 Å². The summed E-state index contributed by atoms with van der Waals surface area (Å²) in [7, 11) is 0. The maximum atomic E-state index is 12.8. The van der Waals surface area contributed by atoms with E-state index in [-0.39, 0.29) is 10.6 Å². The van der Waals surface area contributed by atoms with Gasteiger partial charge in [0.15, 0.2) is 0 Å². The van der Waals surface area contributed by atoms with Crippen molar-refractivity contribution in [2.75, 3.05) is 6.54 Å². The molecule has 0 aliphatic carbocycles. The van der Waals surface area contributed by atoms with Gasteiger partial charge in [-0.3, -0.25) is 0 Å². The van der Waals surface area contributed by atoms with Gasteiger partial charge < -0.3 is 25.1 Å². The van der Waals surface area contributed by atoms with E-state index in [1.54, 1.807) is 0 Å². The van der Waals surface area contributed by atoms with Crippen LogP contribution in [0.1, 0.15) is 71.5 Å². The molecule has 25 heavy (non-hydrogen) atoms. The first-order valence-electron chi connectivity index (χ1n) is 8.90. The number of β-amino-alcohol motifs (C(OH)–C–C–N with tert-alkyl or cyclic N) is 1. The smallest absolute Gasteiger partial charge is 0.135 e. The van der Waals surface area contributed by atoms with Crippen LogP contribution in [0, 0.1) is 5.21 Å². The molecule has 0 radical (unpaired) electrons. The first-order valence-corrected chi connectivity index (χ1v) is 8.90. The molecular formula is C20H30N2O3. The number of quaternary nitrogens is 1. The Bertz CT molecular complexity index is 746. The van der Waals surface area contributed by atoms with Crippen molar-refractivity contribution in [1.82, 2.24) is 5.32 Å². The van der Waals surface area contributed by atoms with E-state index in [0.29, 0.717) is 12.3 Å². The summed E-state index contributed by atoms with van der Waals surface area (Å²) in [5.74, 6) is 0.553. The van der Waals surface area contributed by atoms with Crippen LogP contribution in [0.2, 0.25) is 0 Å². The minimum Gasteiger partial charge on any atom is -0.633 e. The number of fused-ring (bicyclic) bond motifs is 2. The summed E-state index contributed by atoms with van der Waals surface area (Å²) in [6.07, 6.45) is -0.705. The Morgan fingerprint density at radius 3 is 2.24 bits per heavy atom. The van der Waals surface area contributed by atoms with Crippen molar-refractivity contribution in [3.63, 3.8) is 0 Å². The van der Waals surface area contributed by atoms with Gasteiger partial charge in [-0.2, -0.15) is 0 Å². The predicted molar refractivity (Wildman–Crippen MR) is 99.3 cm³/mol. The van der Waals surface area contributed by atoms with Crippen molar-refractivity contribution < 1.29 is 14.6 Å². The Morgan fingerprint density at radius 1 is 1.12 bits per heavy atom. The molecular weight excluding hydrogens is 316 g/mol. The van der Waals surface area contributed by atoms with E-state index in [2.05, 4.69) is 26.1 Å². The topological polar surface area (TPSA) is 72.9 Å². The van der Waals surface area contributed by atoms with Crippen LogP contribution in [0.15, 0.2) is 22.6 Å². The lowest BCUT2D eigenvalue weighted by Gasteiger charge is -2.40. The number of aliphatic hydroxyl groups excluding tert-OH is 1. The first-order chi connectivity index (χ1) is 11.3. The second-order valence-electron chi connectivity index (χ2n) is 9.31. The number of hydroxylamine groups is 2. The maximum absolute atomic E-state index is 12.8. The first kappa shape index (κ1) is 18.4. The van der Waals surface area contributed by atoms with Gasteiger partial charge in [-0.1, -0.05) is 0 Å². The normalized spacial score (nSPS) is 23.0. The summed E-state index contributed by atoms with van der Waals surface area (Å²) >= 11 is 0. The molecule has 138 valence electrons. The molecule has 1 aliphatic rings. The summed E-state index contributed by atoms with van der Waals surface area (Å²) in [6, 6.07) is 5.91. The highest BCUT2D eigenvalue weighted by molar-refractivity contribution is 5.81. The van der Waals surface area contributed by atoms with Gasteiger partial charge in [0.05, 0.1) is 0 Å². The zero-order valence-electron chi connectivity index (χ0n) is 16.3. The number of furan rings is 1. The highest BCUT2D eigenvalue weighted by Gasteiger charge is 2.49. The summed E-state index contributed by atoms with van der Waals surface area (Å²) < 4.78 is 5.92. The lowest BCUT2D eigenvalue weighted by Crippen LogP contribution is -3.17. The zero-order valence-corrected chi connectivity index (χ0v) is 16.3. The average Bonchev–Trinajstić information content (AvgIpc) is 2.97. The molecule has 3 N–H and O–H groups in total. The quantitative estimate of drug-likeness (QED) is 0.747. The molecule has 5 nitrogen and oxygen atoms in total. The van der Waals surface area contributed by atoms with Gasteiger partial charge in [-0.15, -0.1) is 0 Å². The van der Waals surface area contributed by atoms with Crippen LogP contribution in [0.5, 0.6) is 0 Å². The van der Waals surface area contributed by atoms with Gasteiger partial charge >= 0.3 is 0 Å². The summed E-state index contributed by atoms with van der Waals surface area (Å²) in [6.45, 7) is 14.5. The molecule has 5 heteroatoms. The van der Waals surface area contributed by atoms with Gasteiger partial charge in [0, 0.05) is 28.6 Å². The molecule has 0 saturated carbocycles. The van der Waals surface area contributed by atoms with Crippen molar-refractivity contribution in [3.05, 3.63) is 40.3 Å². The Morgan fingerprint density at radius 2 is 1.68 bits per heavy atom. The molecule has 2 unspecified atom stereocenters. The molecule has 0 spiro atoms. The van der Waals surface area contributed by atoms with Crippen LogP contribution in [-0.4, -0.2) is 17.2 Å². The van der Waals surface area contributed by atoms with E-state index in [4.69, 9.17) is 4.42 Å². The monoisotopic (exact) mass is 346 g/mol. The van der Waals surface area contributed by atoms with Gasteiger partial charge in [0.25, 0.3) is 0 Å². The molecule has 0 fully saturated rings. The molecule has 0 amide bonds. The lowest BCUT2D eigenvalue weighted by atomic mass is 9.89. The number of hydrogen-bond donors (Lipinski definition) is 3. The van der Waals surface area contributed by atoms with Gasteiger partial charge in [0.2, 0.25) is 0 Å². The van der Waals surface area contributed by atoms with Gasteiger partial charge in [-0.25, -0.2) is 0 Å². The number of rotatable bonds is 3. The standard InChI is InChI=1S/C20H30N2O3/c1-18(2,3)21-11-15(23)17-9-12-8-13-14(10-16(12)25-17)20(6,7)22(24)19(13,4)5/h8-10,15,21-23H,11H2,1-7H3. The van der Waals surface area contributed by atoms with Crippen molar-refractivity contribution in [1.29, 1.82) is 0 Å². The second-order valence-corrected chi connectivity index (χ2v) is 9.31. The summed E-state index contributed by atoms with van der Waals surface area (Å²) in [5.41, 5.74) is 1.72. The Kier molecular flexibility index (Phi) is 4.08. The number of hydrogen-bond acceptors (Lipinski definition) is 4. The Labute approximate surface area is 149 Å². The summed E-state index contributed by atoms with van der Waals surface area (Å²) in [4.78, 5) is 0. The molecule has 1 aromatic carbocycles. The van der Waals surface area contributed by atoms with Crippen molar-refractivity contribution in [2.45, 2.75) is 71.2 Å². The minimum absolute atomic E-state index is 0.0669. The fraction of sp³-hybridized carbons (Fsp3) is 0.600. The molecule has 0 saturated heterocycles. The Balaban J connectivity index is 1.99. The number of benzene rings is 1. The Hall–Kier alpha value is -1.40. The summed E-state index contributed by atoms with van der Waals surface area (Å²) in [5, 5.41) is 27.7. The fourth-order valence-corrected chi connectivity index (χ4v) is 3.84. The minimum atomic E-state index is -0.705. The van der Waals surface area contributed by atoms with Crippen LogP contribution in [-0.2, 0) is 11.1 Å². The zero-order chi connectivity index (χ0) is 18.8. The van der Waals surface area contributed by atoms with Crippen LogP contribution >= 0.6 is 0 Å². The van der Waals surface area contributed by atoms with E-state index in [1.165, 1.54) is 0 Å². The SMILES string of the molecule is CC(C)(C)NCC(O)c1cc2cc3c(cc2o1)C(C)(C)[NH+]([O-])C3(C)C. The molecule has 1 aromatic heterocycles. The van der Waals surface area contributed by atoms with Gasteiger partial charge in [0.1, 0.15) is 28.5 Å². The van der Waals surface area contributed by atoms with Crippen LogP contribution in [0.25, 0.3) is 11.0 Å². The molecule has 1 aliphatic heterocycles. The third kappa shape index (κ3) is 2.99. The van der Waals surface area contributed by atoms with E-state index >= 15 is 0 Å². The van der Waals surface area contributed by atoms with E-state index in [1.807, 2.05) is 45.9 Å². The van der Waals surface area contributed by atoms with E-state index in [9.17, 15) is 10.3 Å². The number of aliphatic hydroxyl groups is 1. The molecule has 0 bridgehead atoms. The fourth-order valence-electron chi connectivity index (χ4n) is 3.84. The van der Waals surface area contributed by atoms with E-state index < -0.39 is 17.2 Å². The highest BCUT2D eigenvalue weighted by Crippen LogP contribution is 2.39. The van der Waals surface area contributed by atoms with Gasteiger partial charge in [-0.05, 0) is 66.7 Å². The predicted octanol–water partition coefficient (Wildman–Crippen LogP) is 2.72. The third-order valence-corrected chi connectivity index (χ3v) is 5.31. The van der Waals surface area contributed by atoms with Crippen LogP contribution < -0.4 is 10.4 Å². The van der Waals surface area contributed by atoms with Crippen LogP contribution in [0.4, 0.5) is 0 Å². The molecule has 2 atom stereocenters. The van der Waals surface area contributed by atoms with E-state index in [0.717, 1.165) is 22.1 Å². The van der Waals surface area contributed by atoms with Crippen LogP contribution in [0.3, 0.4) is 0 Å². The largest absolute Gasteiger partial charge is 0.633 e. The molecule has 3 rings (SSSR count). The second kappa shape index (κ2) is 5.55. The molecule has 2 heterocycles. The lowest BCUT2D eigenvalue weighted by molar-refractivity contribution is -0.955. The third-order valence-electron chi connectivity index (χ3n) is 5.31. The maximum Gasteiger partial charge on any atom is 0.135 e. The van der Waals surface area contributed by atoms with Crippen molar-refractivity contribution in [2.24, 2.45) is 0 Å². The average molecular weight is 346 g/mol. The number of nitrogens with one attached hydrogen (secondary N) is 2. The van der Waals surface area contributed by atoms with Crippen molar-refractivity contribution in [3.8, 4) is 0 Å². The highest BCUT2D eigenvalue weighted by atomic mass is 16.5. The molecule has 2 aromatic rings.